The number of pyridine rings is 1. The lowest BCUT2D eigenvalue weighted by Crippen LogP contribution is -2.05. The molecule has 3 nitrogen and oxygen atoms in total. The van der Waals surface area contributed by atoms with E-state index < -0.39 is 0 Å². The number of nitrogens with zero attached hydrogens (tertiary/aromatic N) is 1. The van der Waals surface area contributed by atoms with Crippen molar-refractivity contribution in [2.45, 2.75) is 19.8 Å². The first-order valence-electron chi connectivity index (χ1n) is 6.74. The topological polar surface area (TPSA) is 45.8 Å². The van der Waals surface area contributed by atoms with Gasteiger partial charge in [0, 0.05) is 34.6 Å². The zero-order chi connectivity index (χ0) is 14.1. The number of benzene rings is 1. The molecule has 0 bridgehead atoms. The first kappa shape index (κ1) is 12.6. The maximum Gasteiger partial charge on any atom is 0.197 e. The number of fused-ring (bicyclic) bond motifs is 1. The molecule has 0 atom stereocenters. The monoisotopic (exact) mass is 264 g/mol. The van der Waals surface area contributed by atoms with Crippen LogP contribution < -0.4 is 0 Å². The number of aromatic nitrogens is 2. The number of rotatable bonds is 3. The van der Waals surface area contributed by atoms with Gasteiger partial charge in [-0.2, -0.15) is 0 Å². The Hall–Kier alpha value is -2.42. The van der Waals surface area contributed by atoms with Gasteiger partial charge >= 0.3 is 0 Å². The molecule has 0 aliphatic heterocycles. The SMILES string of the molecule is CC(C)c1[nH]c2ccccc2c1C(=O)c1cccnc1. The van der Waals surface area contributed by atoms with Crippen LogP contribution in [-0.2, 0) is 0 Å². The van der Waals surface area contributed by atoms with Gasteiger partial charge in [0.25, 0.3) is 0 Å². The van der Waals surface area contributed by atoms with Gasteiger partial charge in [0.1, 0.15) is 0 Å². The van der Waals surface area contributed by atoms with Crippen molar-refractivity contribution in [2.75, 3.05) is 0 Å². The second kappa shape index (κ2) is 4.93. The standard InChI is InChI=1S/C17H16N2O/c1-11(2)16-15(13-7-3-4-8-14(13)19-16)17(20)12-6-5-9-18-10-12/h3-11,19H,1-2H3. The van der Waals surface area contributed by atoms with E-state index in [9.17, 15) is 4.79 Å². The highest BCUT2D eigenvalue weighted by molar-refractivity contribution is 6.17. The van der Waals surface area contributed by atoms with E-state index in [1.54, 1.807) is 24.5 Å². The third kappa shape index (κ3) is 2.01. The number of hydrogen-bond donors (Lipinski definition) is 1. The summed E-state index contributed by atoms with van der Waals surface area (Å²) < 4.78 is 0. The molecule has 2 aromatic heterocycles. The molecular weight excluding hydrogens is 248 g/mol. The summed E-state index contributed by atoms with van der Waals surface area (Å²) in [6, 6.07) is 11.5. The molecule has 100 valence electrons. The summed E-state index contributed by atoms with van der Waals surface area (Å²) in [5.74, 6) is 0.289. The van der Waals surface area contributed by atoms with E-state index in [1.165, 1.54) is 0 Å². The Morgan fingerprint density at radius 3 is 2.65 bits per heavy atom. The van der Waals surface area contributed by atoms with Crippen LogP contribution >= 0.6 is 0 Å². The van der Waals surface area contributed by atoms with Crippen LogP contribution in [0.5, 0.6) is 0 Å². The quantitative estimate of drug-likeness (QED) is 0.729. The zero-order valence-electron chi connectivity index (χ0n) is 11.6. The molecule has 0 aliphatic carbocycles. The molecule has 0 unspecified atom stereocenters. The van der Waals surface area contributed by atoms with Crippen LogP contribution in [0.15, 0.2) is 48.8 Å². The average Bonchev–Trinajstić information content (AvgIpc) is 2.87. The van der Waals surface area contributed by atoms with Gasteiger partial charge in [0.2, 0.25) is 0 Å². The minimum Gasteiger partial charge on any atom is -0.358 e. The zero-order valence-corrected chi connectivity index (χ0v) is 11.6. The van der Waals surface area contributed by atoms with E-state index in [2.05, 4.69) is 23.8 Å². The molecule has 3 heteroatoms. The van der Waals surface area contributed by atoms with E-state index in [0.29, 0.717) is 5.56 Å². The number of carbonyl (C=O) groups excluding carboxylic acids is 1. The van der Waals surface area contributed by atoms with Gasteiger partial charge in [0.15, 0.2) is 5.78 Å². The van der Waals surface area contributed by atoms with Crippen LogP contribution in [0.1, 0.15) is 41.4 Å². The van der Waals surface area contributed by atoms with Crippen molar-refractivity contribution in [3.05, 3.63) is 65.6 Å². The van der Waals surface area contributed by atoms with Crippen LogP contribution in [0.3, 0.4) is 0 Å². The molecule has 3 aromatic rings. The summed E-state index contributed by atoms with van der Waals surface area (Å²) in [5, 5.41) is 0.977. The van der Waals surface area contributed by atoms with Crippen molar-refractivity contribution in [1.82, 2.24) is 9.97 Å². The first-order chi connectivity index (χ1) is 9.68. The number of nitrogens with one attached hydrogen (secondary N) is 1. The third-order valence-electron chi connectivity index (χ3n) is 3.46. The maximum absolute atomic E-state index is 12.8. The summed E-state index contributed by atoms with van der Waals surface area (Å²) in [5.41, 5.74) is 3.38. The van der Waals surface area contributed by atoms with E-state index in [4.69, 9.17) is 0 Å². The van der Waals surface area contributed by atoms with Crippen molar-refractivity contribution in [1.29, 1.82) is 0 Å². The Morgan fingerprint density at radius 1 is 1.15 bits per heavy atom. The summed E-state index contributed by atoms with van der Waals surface area (Å²) in [6.45, 7) is 4.18. The lowest BCUT2D eigenvalue weighted by Gasteiger charge is -2.07. The number of aromatic amines is 1. The number of carbonyl (C=O) groups is 1. The maximum atomic E-state index is 12.8. The van der Waals surface area contributed by atoms with Gasteiger partial charge < -0.3 is 4.98 Å². The molecule has 0 saturated heterocycles. The minimum absolute atomic E-state index is 0.0271. The van der Waals surface area contributed by atoms with Gasteiger partial charge in [-0.05, 0) is 24.1 Å². The van der Waals surface area contributed by atoms with Crippen LogP contribution in [0.4, 0.5) is 0 Å². The van der Waals surface area contributed by atoms with E-state index in [0.717, 1.165) is 22.2 Å². The lowest BCUT2D eigenvalue weighted by molar-refractivity contribution is 0.103. The Balaban J connectivity index is 2.24. The second-order valence-electron chi connectivity index (χ2n) is 5.18. The molecule has 0 amide bonds. The molecule has 0 radical (unpaired) electrons. The molecule has 0 spiro atoms. The molecule has 3 rings (SSSR count). The predicted molar refractivity (Wildman–Crippen MR) is 80.1 cm³/mol. The molecule has 0 saturated carbocycles. The van der Waals surface area contributed by atoms with Crippen molar-refractivity contribution in [3.8, 4) is 0 Å². The predicted octanol–water partition coefficient (Wildman–Crippen LogP) is 3.92. The Bertz CT molecular complexity index is 757. The van der Waals surface area contributed by atoms with Crippen molar-refractivity contribution >= 4 is 16.7 Å². The summed E-state index contributed by atoms with van der Waals surface area (Å²) in [6.07, 6.45) is 3.30. The fraction of sp³-hybridized carbons (Fsp3) is 0.176. The summed E-state index contributed by atoms with van der Waals surface area (Å²) in [7, 11) is 0. The fourth-order valence-electron chi connectivity index (χ4n) is 2.48. The van der Waals surface area contributed by atoms with Gasteiger partial charge in [-0.25, -0.2) is 0 Å². The Morgan fingerprint density at radius 2 is 1.95 bits per heavy atom. The number of ketones is 1. The van der Waals surface area contributed by atoms with Crippen LogP contribution in [-0.4, -0.2) is 15.8 Å². The average molecular weight is 264 g/mol. The highest BCUT2D eigenvalue weighted by Gasteiger charge is 2.21. The molecule has 1 aromatic carbocycles. The van der Waals surface area contributed by atoms with Crippen LogP contribution in [0.25, 0.3) is 10.9 Å². The molecule has 1 N–H and O–H groups in total. The second-order valence-corrected chi connectivity index (χ2v) is 5.18. The van der Waals surface area contributed by atoms with Gasteiger partial charge in [-0.15, -0.1) is 0 Å². The lowest BCUT2D eigenvalue weighted by atomic mass is 9.97. The molecule has 2 heterocycles. The molecule has 0 fully saturated rings. The normalized spacial score (nSPS) is 11.2. The summed E-state index contributed by atoms with van der Waals surface area (Å²) in [4.78, 5) is 20.2. The third-order valence-corrected chi connectivity index (χ3v) is 3.46. The van der Waals surface area contributed by atoms with E-state index in [1.807, 2.05) is 24.3 Å². The van der Waals surface area contributed by atoms with Crippen molar-refractivity contribution in [3.63, 3.8) is 0 Å². The highest BCUT2D eigenvalue weighted by atomic mass is 16.1. The van der Waals surface area contributed by atoms with Gasteiger partial charge in [-0.3, -0.25) is 9.78 Å². The fourth-order valence-corrected chi connectivity index (χ4v) is 2.48. The molecule has 0 aliphatic rings. The Labute approximate surface area is 117 Å². The number of H-pyrrole nitrogens is 1. The molecule has 20 heavy (non-hydrogen) atoms. The van der Waals surface area contributed by atoms with E-state index in [-0.39, 0.29) is 11.7 Å². The highest BCUT2D eigenvalue weighted by Crippen LogP contribution is 2.29. The van der Waals surface area contributed by atoms with Gasteiger partial charge in [-0.1, -0.05) is 32.0 Å². The van der Waals surface area contributed by atoms with E-state index >= 15 is 0 Å². The van der Waals surface area contributed by atoms with Crippen molar-refractivity contribution < 1.29 is 4.79 Å². The Kier molecular flexibility index (Phi) is 3.11. The van der Waals surface area contributed by atoms with Gasteiger partial charge in [0.05, 0.1) is 5.56 Å². The smallest absolute Gasteiger partial charge is 0.197 e. The first-order valence-corrected chi connectivity index (χ1v) is 6.74. The minimum atomic E-state index is 0.0271. The molecular formula is C17H16N2O. The van der Waals surface area contributed by atoms with Crippen molar-refractivity contribution in [2.24, 2.45) is 0 Å². The number of para-hydroxylation sites is 1. The van der Waals surface area contributed by atoms with Crippen LogP contribution in [0.2, 0.25) is 0 Å². The largest absolute Gasteiger partial charge is 0.358 e. The van der Waals surface area contributed by atoms with Crippen LogP contribution in [0, 0.1) is 0 Å². The number of hydrogen-bond acceptors (Lipinski definition) is 2. The summed E-state index contributed by atoms with van der Waals surface area (Å²) >= 11 is 0.